The maximum absolute atomic E-state index is 10.7. The fourth-order valence-electron chi connectivity index (χ4n) is 2.16. The molecule has 0 aliphatic carbocycles. The molecule has 0 N–H and O–H groups in total. The first-order valence-electron chi connectivity index (χ1n) is 7.61. The fourth-order valence-corrected chi connectivity index (χ4v) is 2.78. The summed E-state index contributed by atoms with van der Waals surface area (Å²) in [4.78, 5) is 10.3. The van der Waals surface area contributed by atoms with E-state index in [9.17, 15) is 10.1 Å². The molecule has 0 unspecified atom stereocenters. The Kier molecular flexibility index (Phi) is 5.20. The van der Waals surface area contributed by atoms with Gasteiger partial charge in [0.1, 0.15) is 0 Å². The van der Waals surface area contributed by atoms with Gasteiger partial charge in [-0.3, -0.25) is 10.1 Å². The molecule has 0 fully saturated rings. The molecule has 8 heteroatoms. The molecule has 0 amide bonds. The maximum atomic E-state index is 10.7. The summed E-state index contributed by atoms with van der Waals surface area (Å²) in [5.74, 6) is 1.50. The lowest BCUT2D eigenvalue weighted by atomic mass is 10.2. The second kappa shape index (κ2) is 7.71. The zero-order valence-electron chi connectivity index (χ0n) is 13.4. The zero-order valence-corrected chi connectivity index (χ0v) is 14.3. The molecule has 2 aromatic carbocycles. The van der Waals surface area contributed by atoms with E-state index in [0.29, 0.717) is 11.0 Å². The number of thioether (sulfide) groups is 1. The first-order chi connectivity index (χ1) is 12.2. The molecule has 0 atom stereocenters. The van der Waals surface area contributed by atoms with Gasteiger partial charge in [-0.05, 0) is 23.4 Å². The Balaban J connectivity index is 1.94. The van der Waals surface area contributed by atoms with Crippen LogP contribution in [0.1, 0.15) is 12.5 Å². The average Bonchev–Trinajstić information content (AvgIpc) is 3.04. The van der Waals surface area contributed by atoms with Gasteiger partial charge in [-0.2, -0.15) is 9.78 Å². The molecule has 0 aliphatic heterocycles. The summed E-state index contributed by atoms with van der Waals surface area (Å²) in [6, 6.07) is 15.9. The van der Waals surface area contributed by atoms with Crippen molar-refractivity contribution in [3.8, 4) is 11.4 Å². The summed E-state index contributed by atoms with van der Waals surface area (Å²) >= 11 is 1.55. The number of rotatable bonds is 6. The van der Waals surface area contributed by atoms with Crippen molar-refractivity contribution < 1.29 is 4.92 Å². The van der Waals surface area contributed by atoms with Crippen LogP contribution in [0.5, 0.6) is 0 Å². The van der Waals surface area contributed by atoms with Crippen LogP contribution in [0, 0.1) is 10.1 Å². The SMILES string of the molecule is CCSc1nnc(-c2ccccc2)n1N=Cc1ccc([N+](=O)[O-])cc1. The van der Waals surface area contributed by atoms with Gasteiger partial charge in [0.2, 0.25) is 5.16 Å². The molecular weight excluding hydrogens is 338 g/mol. The van der Waals surface area contributed by atoms with Crippen LogP contribution in [0.4, 0.5) is 5.69 Å². The minimum atomic E-state index is -0.426. The Morgan fingerprint density at radius 3 is 2.52 bits per heavy atom. The molecule has 126 valence electrons. The number of nitro benzene ring substituents is 1. The molecule has 0 aliphatic rings. The largest absolute Gasteiger partial charge is 0.269 e. The molecule has 0 radical (unpaired) electrons. The van der Waals surface area contributed by atoms with Crippen molar-refractivity contribution in [1.29, 1.82) is 0 Å². The molecule has 0 saturated heterocycles. The smallest absolute Gasteiger partial charge is 0.258 e. The van der Waals surface area contributed by atoms with Gasteiger partial charge < -0.3 is 0 Å². The van der Waals surface area contributed by atoms with Crippen LogP contribution in [0.2, 0.25) is 0 Å². The van der Waals surface area contributed by atoms with Gasteiger partial charge in [-0.15, -0.1) is 10.2 Å². The predicted molar refractivity (Wildman–Crippen MR) is 97.9 cm³/mol. The van der Waals surface area contributed by atoms with Crippen LogP contribution in [0.15, 0.2) is 64.9 Å². The second-order valence-electron chi connectivity index (χ2n) is 5.01. The molecule has 25 heavy (non-hydrogen) atoms. The van der Waals surface area contributed by atoms with Crippen molar-refractivity contribution >= 4 is 23.7 Å². The number of non-ortho nitro benzene ring substituents is 1. The Hall–Kier alpha value is -3.00. The first kappa shape index (κ1) is 16.8. The number of nitrogens with zero attached hydrogens (tertiary/aromatic N) is 5. The van der Waals surface area contributed by atoms with Gasteiger partial charge in [0.05, 0.1) is 11.1 Å². The summed E-state index contributed by atoms with van der Waals surface area (Å²) in [6.07, 6.45) is 1.64. The van der Waals surface area contributed by atoms with Crippen LogP contribution in [0.25, 0.3) is 11.4 Å². The summed E-state index contributed by atoms with van der Waals surface area (Å²) < 4.78 is 1.69. The number of benzene rings is 2. The molecule has 3 rings (SSSR count). The lowest BCUT2D eigenvalue weighted by Crippen LogP contribution is -1.97. The molecule has 0 bridgehead atoms. The fraction of sp³-hybridized carbons (Fsp3) is 0.118. The standard InChI is InChI=1S/C17H15N5O2S/c1-2-25-17-20-19-16(14-6-4-3-5-7-14)21(17)18-12-13-8-10-15(11-9-13)22(23)24/h3-12H,2H2,1H3. The number of nitro groups is 1. The van der Waals surface area contributed by atoms with Crippen LogP contribution < -0.4 is 0 Å². The van der Waals surface area contributed by atoms with Crippen LogP contribution >= 0.6 is 11.8 Å². The molecule has 0 saturated carbocycles. The normalized spacial score (nSPS) is 11.1. The Bertz CT molecular complexity index is 891. The van der Waals surface area contributed by atoms with Crippen molar-refractivity contribution in [2.24, 2.45) is 5.10 Å². The van der Waals surface area contributed by atoms with E-state index < -0.39 is 4.92 Å². The average molecular weight is 353 g/mol. The molecular formula is C17H15N5O2S. The van der Waals surface area contributed by atoms with E-state index in [0.717, 1.165) is 16.9 Å². The topological polar surface area (TPSA) is 86.2 Å². The molecule has 7 nitrogen and oxygen atoms in total. The highest BCUT2D eigenvalue weighted by atomic mass is 32.2. The minimum Gasteiger partial charge on any atom is -0.258 e. The monoisotopic (exact) mass is 353 g/mol. The van der Waals surface area contributed by atoms with Gasteiger partial charge >= 0.3 is 0 Å². The van der Waals surface area contributed by atoms with E-state index in [-0.39, 0.29) is 5.69 Å². The third kappa shape index (κ3) is 3.92. The molecule has 3 aromatic rings. The van der Waals surface area contributed by atoms with Gasteiger partial charge in [0.15, 0.2) is 5.82 Å². The number of aromatic nitrogens is 3. The third-order valence-corrected chi connectivity index (χ3v) is 4.15. The third-order valence-electron chi connectivity index (χ3n) is 3.34. The zero-order chi connectivity index (χ0) is 17.6. The summed E-state index contributed by atoms with van der Waals surface area (Å²) in [5.41, 5.74) is 1.72. The van der Waals surface area contributed by atoms with Crippen molar-refractivity contribution in [1.82, 2.24) is 14.9 Å². The van der Waals surface area contributed by atoms with Crippen LogP contribution in [-0.4, -0.2) is 31.8 Å². The summed E-state index contributed by atoms with van der Waals surface area (Å²) in [6.45, 7) is 2.03. The lowest BCUT2D eigenvalue weighted by molar-refractivity contribution is -0.384. The van der Waals surface area contributed by atoms with Gasteiger partial charge in [0, 0.05) is 17.7 Å². The van der Waals surface area contributed by atoms with E-state index in [1.54, 1.807) is 34.8 Å². The first-order valence-corrected chi connectivity index (χ1v) is 8.60. The molecule has 0 spiro atoms. The van der Waals surface area contributed by atoms with E-state index >= 15 is 0 Å². The molecule has 1 heterocycles. The number of hydrogen-bond acceptors (Lipinski definition) is 6. The summed E-state index contributed by atoms with van der Waals surface area (Å²) in [7, 11) is 0. The van der Waals surface area contributed by atoms with Gasteiger partial charge in [-0.1, -0.05) is 49.0 Å². The second-order valence-corrected chi connectivity index (χ2v) is 6.24. The highest BCUT2D eigenvalue weighted by Crippen LogP contribution is 2.23. The highest BCUT2D eigenvalue weighted by molar-refractivity contribution is 7.99. The highest BCUT2D eigenvalue weighted by Gasteiger charge is 2.13. The van der Waals surface area contributed by atoms with E-state index in [1.165, 1.54) is 12.1 Å². The van der Waals surface area contributed by atoms with Crippen LogP contribution in [-0.2, 0) is 0 Å². The van der Waals surface area contributed by atoms with Crippen molar-refractivity contribution in [2.45, 2.75) is 12.1 Å². The predicted octanol–water partition coefficient (Wildman–Crippen LogP) is 3.85. The number of hydrogen-bond donors (Lipinski definition) is 0. The quantitative estimate of drug-likeness (QED) is 0.291. The minimum absolute atomic E-state index is 0.0497. The lowest BCUT2D eigenvalue weighted by Gasteiger charge is -2.03. The van der Waals surface area contributed by atoms with Crippen molar-refractivity contribution in [3.63, 3.8) is 0 Å². The van der Waals surface area contributed by atoms with Gasteiger partial charge in [-0.25, -0.2) is 0 Å². The van der Waals surface area contributed by atoms with Crippen LogP contribution in [0.3, 0.4) is 0 Å². The Morgan fingerprint density at radius 1 is 1.16 bits per heavy atom. The van der Waals surface area contributed by atoms with E-state index in [1.807, 2.05) is 37.3 Å². The van der Waals surface area contributed by atoms with Gasteiger partial charge in [0.25, 0.3) is 5.69 Å². The van der Waals surface area contributed by atoms with E-state index in [4.69, 9.17) is 0 Å². The summed E-state index contributed by atoms with van der Waals surface area (Å²) in [5, 5.41) is 24.3. The molecule has 1 aromatic heterocycles. The Labute approximate surface area is 148 Å². The van der Waals surface area contributed by atoms with Crippen molar-refractivity contribution in [3.05, 3.63) is 70.3 Å². The Morgan fingerprint density at radius 2 is 1.88 bits per heavy atom. The maximum Gasteiger partial charge on any atom is 0.269 e. The van der Waals surface area contributed by atoms with Crippen molar-refractivity contribution in [2.75, 3.05) is 5.75 Å². The van der Waals surface area contributed by atoms with E-state index in [2.05, 4.69) is 15.3 Å².